The molecule has 2 atom stereocenters. The molecule has 1 aromatic carbocycles. The molecule has 2 nitrogen and oxygen atoms in total. The van der Waals surface area contributed by atoms with E-state index >= 15 is 0 Å². The van der Waals surface area contributed by atoms with Crippen LogP contribution in [0, 0.1) is 24.2 Å². The fourth-order valence-corrected chi connectivity index (χ4v) is 5.32. The van der Waals surface area contributed by atoms with Crippen molar-refractivity contribution in [3.63, 3.8) is 0 Å². The van der Waals surface area contributed by atoms with E-state index in [4.69, 9.17) is 0 Å². The van der Waals surface area contributed by atoms with Gasteiger partial charge in [-0.1, -0.05) is 43.3 Å². The predicted molar refractivity (Wildman–Crippen MR) is 103 cm³/mol. The highest BCUT2D eigenvalue weighted by Gasteiger charge is 2.43. The van der Waals surface area contributed by atoms with Crippen molar-refractivity contribution >= 4 is 5.97 Å². The van der Waals surface area contributed by atoms with E-state index in [1.54, 1.807) is 0 Å². The maximum absolute atomic E-state index is 11.8. The Kier molecular flexibility index (Phi) is 5.66. The first-order chi connectivity index (χ1) is 12.0. The second kappa shape index (κ2) is 7.76. The van der Waals surface area contributed by atoms with Gasteiger partial charge in [-0.25, -0.2) is 0 Å². The summed E-state index contributed by atoms with van der Waals surface area (Å²) < 4.78 is 0. The van der Waals surface area contributed by atoms with Crippen molar-refractivity contribution in [2.75, 3.05) is 0 Å². The molecule has 2 heteroatoms. The number of hydrogen-bond acceptors (Lipinski definition) is 1. The van der Waals surface area contributed by atoms with E-state index in [-0.39, 0.29) is 11.8 Å². The SMILES string of the molecule is CCC(C(=O)O)C(CC=CCC12CCC(CC1)C2)c1ccccc1C. The van der Waals surface area contributed by atoms with Crippen LogP contribution in [-0.4, -0.2) is 11.1 Å². The number of benzene rings is 1. The van der Waals surface area contributed by atoms with Gasteiger partial charge in [0, 0.05) is 5.92 Å². The van der Waals surface area contributed by atoms with Crippen LogP contribution in [-0.2, 0) is 4.79 Å². The number of aliphatic carboxylic acids is 1. The van der Waals surface area contributed by atoms with Crippen LogP contribution < -0.4 is 0 Å². The Balaban J connectivity index is 1.70. The lowest BCUT2D eigenvalue weighted by atomic mass is 9.79. The molecular formula is C23H32O2. The smallest absolute Gasteiger partial charge is 0.307 e. The summed E-state index contributed by atoms with van der Waals surface area (Å²) in [7, 11) is 0. The first-order valence-corrected chi connectivity index (χ1v) is 9.98. The summed E-state index contributed by atoms with van der Waals surface area (Å²) in [5, 5.41) is 9.69. The topological polar surface area (TPSA) is 37.3 Å². The molecule has 2 saturated carbocycles. The normalized spacial score (nSPS) is 27.7. The van der Waals surface area contributed by atoms with E-state index < -0.39 is 5.97 Å². The summed E-state index contributed by atoms with van der Waals surface area (Å²) >= 11 is 0. The molecule has 0 saturated heterocycles. The predicted octanol–water partition coefficient (Wildman–Crippen LogP) is 6.11. The van der Waals surface area contributed by atoms with Gasteiger partial charge in [-0.3, -0.25) is 4.79 Å². The lowest BCUT2D eigenvalue weighted by Gasteiger charge is -2.26. The monoisotopic (exact) mass is 340 g/mol. The minimum atomic E-state index is -0.669. The van der Waals surface area contributed by atoms with Crippen molar-refractivity contribution in [2.24, 2.45) is 17.3 Å². The van der Waals surface area contributed by atoms with Crippen LogP contribution in [0.4, 0.5) is 0 Å². The van der Waals surface area contributed by atoms with E-state index in [9.17, 15) is 9.90 Å². The van der Waals surface area contributed by atoms with E-state index in [1.807, 2.05) is 19.1 Å². The second-order valence-electron chi connectivity index (χ2n) is 8.37. The number of fused-ring (bicyclic) bond motifs is 2. The molecule has 2 fully saturated rings. The van der Waals surface area contributed by atoms with Gasteiger partial charge in [-0.2, -0.15) is 0 Å². The van der Waals surface area contributed by atoms with Gasteiger partial charge < -0.3 is 5.11 Å². The zero-order valence-corrected chi connectivity index (χ0v) is 15.7. The number of carboxylic acid groups (broad SMARTS) is 1. The average molecular weight is 341 g/mol. The van der Waals surface area contributed by atoms with Gasteiger partial charge in [0.1, 0.15) is 0 Å². The zero-order valence-electron chi connectivity index (χ0n) is 15.7. The van der Waals surface area contributed by atoms with Gasteiger partial charge in [0.15, 0.2) is 0 Å². The van der Waals surface area contributed by atoms with E-state index in [2.05, 4.69) is 31.2 Å². The number of carboxylic acids is 1. The molecule has 136 valence electrons. The lowest BCUT2D eigenvalue weighted by molar-refractivity contribution is -0.142. The highest BCUT2D eigenvalue weighted by Crippen LogP contribution is 2.56. The van der Waals surface area contributed by atoms with Gasteiger partial charge in [-0.05, 0) is 80.8 Å². The maximum Gasteiger partial charge on any atom is 0.307 e. The van der Waals surface area contributed by atoms with Gasteiger partial charge in [0.2, 0.25) is 0 Å². The van der Waals surface area contributed by atoms with Crippen molar-refractivity contribution in [3.8, 4) is 0 Å². The Morgan fingerprint density at radius 1 is 1.28 bits per heavy atom. The third-order valence-corrected chi connectivity index (χ3v) is 6.83. The molecule has 2 aliphatic carbocycles. The first-order valence-electron chi connectivity index (χ1n) is 9.98. The minimum Gasteiger partial charge on any atom is -0.481 e. The fourth-order valence-electron chi connectivity index (χ4n) is 5.32. The minimum absolute atomic E-state index is 0.0670. The third-order valence-electron chi connectivity index (χ3n) is 6.83. The molecule has 0 radical (unpaired) electrons. The Labute approximate surface area is 152 Å². The molecular weight excluding hydrogens is 308 g/mol. The Morgan fingerprint density at radius 2 is 2.00 bits per heavy atom. The summed E-state index contributed by atoms with van der Waals surface area (Å²) in [6.45, 7) is 4.08. The fraction of sp³-hybridized carbons (Fsp3) is 0.609. The molecule has 0 aliphatic heterocycles. The van der Waals surface area contributed by atoms with Gasteiger partial charge in [0.05, 0.1) is 5.92 Å². The molecule has 2 unspecified atom stereocenters. The summed E-state index contributed by atoms with van der Waals surface area (Å²) in [6, 6.07) is 8.26. The van der Waals surface area contributed by atoms with Crippen LogP contribution in [0.1, 0.15) is 75.3 Å². The molecule has 2 bridgehead atoms. The van der Waals surface area contributed by atoms with Crippen LogP contribution in [0.25, 0.3) is 0 Å². The van der Waals surface area contributed by atoms with Crippen molar-refractivity contribution in [2.45, 2.75) is 71.1 Å². The number of carbonyl (C=O) groups is 1. The molecule has 1 N–H and O–H groups in total. The van der Waals surface area contributed by atoms with E-state index in [1.165, 1.54) is 49.7 Å². The van der Waals surface area contributed by atoms with Crippen molar-refractivity contribution in [3.05, 3.63) is 47.5 Å². The molecule has 0 aromatic heterocycles. The summed E-state index contributed by atoms with van der Waals surface area (Å²) in [6.07, 6.45) is 14.4. The van der Waals surface area contributed by atoms with Gasteiger partial charge in [-0.15, -0.1) is 0 Å². The van der Waals surface area contributed by atoms with Crippen LogP contribution >= 0.6 is 0 Å². The molecule has 25 heavy (non-hydrogen) atoms. The highest BCUT2D eigenvalue weighted by atomic mass is 16.4. The lowest BCUT2D eigenvalue weighted by Crippen LogP contribution is -2.22. The number of allylic oxidation sites excluding steroid dienone is 2. The van der Waals surface area contributed by atoms with Crippen LogP contribution in [0.3, 0.4) is 0 Å². The molecule has 0 heterocycles. The van der Waals surface area contributed by atoms with E-state index in [0.717, 1.165) is 12.3 Å². The van der Waals surface area contributed by atoms with Gasteiger partial charge in [0.25, 0.3) is 0 Å². The maximum atomic E-state index is 11.8. The van der Waals surface area contributed by atoms with Crippen LogP contribution in [0.5, 0.6) is 0 Å². The number of rotatable bonds is 8. The molecule has 1 aromatic rings. The van der Waals surface area contributed by atoms with Crippen LogP contribution in [0.15, 0.2) is 36.4 Å². The Bertz CT molecular complexity index is 623. The van der Waals surface area contributed by atoms with E-state index in [0.29, 0.717) is 11.8 Å². The number of aryl methyl sites for hydroxylation is 1. The zero-order chi connectivity index (χ0) is 17.9. The van der Waals surface area contributed by atoms with Crippen molar-refractivity contribution < 1.29 is 9.90 Å². The Morgan fingerprint density at radius 3 is 2.56 bits per heavy atom. The molecule has 0 amide bonds. The highest BCUT2D eigenvalue weighted by molar-refractivity contribution is 5.71. The second-order valence-corrected chi connectivity index (χ2v) is 8.37. The third kappa shape index (κ3) is 3.99. The average Bonchev–Trinajstić information content (AvgIpc) is 3.19. The molecule has 3 rings (SSSR count). The standard InChI is InChI=1S/C23H32O2/c1-3-19(22(24)25)21(20-9-5-4-8-17(20)2)10-6-7-13-23-14-11-18(16-23)12-15-23/h4-9,18-19,21H,3,10-16H2,1-2H3,(H,24,25). The van der Waals surface area contributed by atoms with Crippen molar-refractivity contribution in [1.29, 1.82) is 0 Å². The summed E-state index contributed by atoms with van der Waals surface area (Å²) in [5.41, 5.74) is 2.98. The van der Waals surface area contributed by atoms with Gasteiger partial charge >= 0.3 is 5.97 Å². The molecule has 2 aliphatic rings. The Hall–Kier alpha value is -1.57. The van der Waals surface area contributed by atoms with Crippen molar-refractivity contribution in [1.82, 2.24) is 0 Å². The van der Waals surface area contributed by atoms with Crippen LogP contribution in [0.2, 0.25) is 0 Å². The largest absolute Gasteiger partial charge is 0.481 e. The number of hydrogen-bond donors (Lipinski definition) is 1. The summed E-state index contributed by atoms with van der Waals surface area (Å²) in [5.74, 6) is 0.0744. The molecule has 0 spiro atoms. The quantitative estimate of drug-likeness (QED) is 0.580. The first kappa shape index (κ1) is 18.2. The summed E-state index contributed by atoms with van der Waals surface area (Å²) in [4.78, 5) is 11.8.